The number of non-ortho nitro benzene ring substituents is 1. The number of nitro groups is 1. The molecule has 42 heavy (non-hydrogen) atoms. The third-order valence-corrected chi connectivity index (χ3v) is 7.45. The Morgan fingerprint density at radius 2 is 1.93 bits per heavy atom. The van der Waals surface area contributed by atoms with Crippen molar-refractivity contribution < 1.29 is 28.4 Å². The van der Waals surface area contributed by atoms with Gasteiger partial charge in [-0.25, -0.2) is 14.6 Å². The van der Waals surface area contributed by atoms with E-state index < -0.39 is 28.5 Å². The maximum atomic E-state index is 13.8. The van der Waals surface area contributed by atoms with Gasteiger partial charge in [-0.2, -0.15) is 0 Å². The second-order valence-corrected chi connectivity index (χ2v) is 10.1. The molecule has 0 radical (unpaired) electrons. The van der Waals surface area contributed by atoms with Gasteiger partial charge in [0.05, 0.1) is 39.4 Å². The highest BCUT2D eigenvalue weighted by atomic mass is 32.1. The standard InChI is InChI=1S/C30H23N3O8S/c1-4-14-40-29(36)25-17(2)31-30-32(26(25)18-8-10-19(11-9-18)28(35)39-3)27(34)24(42-30)16-22-12-13-23(41-22)20-6-5-7-21(15-20)33(37)38/h4-13,15-16,26H,1,14H2,2-3H3. The molecule has 0 bridgehead atoms. The fourth-order valence-corrected chi connectivity index (χ4v) is 5.54. The van der Waals surface area contributed by atoms with Crippen LogP contribution in [-0.4, -0.2) is 35.1 Å². The Labute approximate surface area is 242 Å². The molecule has 3 heterocycles. The van der Waals surface area contributed by atoms with Crippen LogP contribution in [-0.2, 0) is 14.3 Å². The number of hydrogen-bond acceptors (Lipinski definition) is 10. The number of thiazole rings is 1. The highest BCUT2D eigenvalue weighted by molar-refractivity contribution is 7.07. The minimum absolute atomic E-state index is 0.0283. The number of nitrogens with zero attached hydrogens (tertiary/aromatic N) is 3. The molecule has 2 aromatic heterocycles. The van der Waals surface area contributed by atoms with E-state index in [0.29, 0.717) is 43.2 Å². The van der Waals surface area contributed by atoms with Crippen LogP contribution in [0.4, 0.5) is 5.69 Å². The van der Waals surface area contributed by atoms with Crippen LogP contribution in [0.15, 0.2) is 98.8 Å². The molecule has 0 saturated carbocycles. The molecule has 0 aliphatic carbocycles. The summed E-state index contributed by atoms with van der Waals surface area (Å²) in [5.41, 5.74) is 1.44. The number of aromatic nitrogens is 1. The summed E-state index contributed by atoms with van der Waals surface area (Å²) in [7, 11) is 1.28. The van der Waals surface area contributed by atoms with Crippen molar-refractivity contribution in [2.45, 2.75) is 13.0 Å². The molecule has 1 aliphatic rings. The summed E-state index contributed by atoms with van der Waals surface area (Å²) in [5.74, 6) is -0.433. The quantitative estimate of drug-likeness (QED) is 0.131. The maximum absolute atomic E-state index is 13.8. The number of nitro benzene ring substituents is 1. The Morgan fingerprint density at radius 1 is 1.17 bits per heavy atom. The molecule has 1 aliphatic heterocycles. The number of methoxy groups -OCH3 is 1. The molecule has 11 nitrogen and oxygen atoms in total. The number of hydrogen-bond donors (Lipinski definition) is 0. The highest BCUT2D eigenvalue weighted by Crippen LogP contribution is 2.31. The molecule has 0 N–H and O–H groups in total. The van der Waals surface area contributed by atoms with E-state index >= 15 is 0 Å². The van der Waals surface area contributed by atoms with Crippen LogP contribution in [0.3, 0.4) is 0 Å². The lowest BCUT2D eigenvalue weighted by Crippen LogP contribution is -2.40. The van der Waals surface area contributed by atoms with Crippen LogP contribution in [0.25, 0.3) is 17.4 Å². The Kier molecular flexibility index (Phi) is 7.80. The summed E-state index contributed by atoms with van der Waals surface area (Å²) < 4.78 is 17.7. The fraction of sp³-hybridized carbons (Fsp3) is 0.133. The lowest BCUT2D eigenvalue weighted by molar-refractivity contribution is -0.384. The Morgan fingerprint density at radius 3 is 2.62 bits per heavy atom. The van der Waals surface area contributed by atoms with Crippen molar-refractivity contribution in [3.8, 4) is 11.3 Å². The number of allylic oxidation sites excluding steroid dienone is 1. The molecule has 5 rings (SSSR count). The zero-order valence-corrected chi connectivity index (χ0v) is 23.3. The minimum Gasteiger partial charge on any atom is -0.465 e. The van der Waals surface area contributed by atoms with Gasteiger partial charge in [-0.3, -0.25) is 19.5 Å². The van der Waals surface area contributed by atoms with Gasteiger partial charge in [-0.1, -0.05) is 48.3 Å². The number of benzene rings is 2. The molecule has 4 aromatic rings. The first-order chi connectivity index (χ1) is 20.2. The number of esters is 2. The molecule has 1 unspecified atom stereocenters. The van der Waals surface area contributed by atoms with Crippen LogP contribution in [0, 0.1) is 10.1 Å². The normalized spacial score (nSPS) is 14.6. The lowest BCUT2D eigenvalue weighted by Gasteiger charge is -2.24. The first-order valence-electron chi connectivity index (χ1n) is 12.6. The highest BCUT2D eigenvalue weighted by Gasteiger charge is 2.33. The zero-order valence-electron chi connectivity index (χ0n) is 22.4. The number of furan rings is 1. The van der Waals surface area contributed by atoms with Crippen molar-refractivity contribution in [3.63, 3.8) is 0 Å². The molecule has 0 spiro atoms. The van der Waals surface area contributed by atoms with Crippen molar-refractivity contribution in [2.75, 3.05) is 13.7 Å². The molecular weight excluding hydrogens is 562 g/mol. The van der Waals surface area contributed by atoms with Gasteiger partial charge in [0.1, 0.15) is 18.1 Å². The predicted molar refractivity (Wildman–Crippen MR) is 154 cm³/mol. The number of ether oxygens (including phenoxy) is 2. The number of rotatable bonds is 8. The first kappa shape index (κ1) is 28.2. The van der Waals surface area contributed by atoms with Gasteiger partial charge in [0.15, 0.2) is 4.80 Å². The fourth-order valence-electron chi connectivity index (χ4n) is 4.52. The molecule has 0 saturated heterocycles. The van der Waals surface area contributed by atoms with Gasteiger partial charge in [0.25, 0.3) is 11.2 Å². The molecule has 2 aromatic carbocycles. The van der Waals surface area contributed by atoms with E-state index in [2.05, 4.69) is 11.6 Å². The number of carbonyl (C=O) groups is 2. The van der Waals surface area contributed by atoms with E-state index in [9.17, 15) is 24.5 Å². The molecule has 0 amide bonds. The average molecular weight is 586 g/mol. The number of carbonyl (C=O) groups excluding carboxylic acids is 2. The Bertz CT molecular complexity index is 1950. The monoisotopic (exact) mass is 585 g/mol. The second-order valence-electron chi connectivity index (χ2n) is 9.09. The summed E-state index contributed by atoms with van der Waals surface area (Å²) in [5, 5.41) is 11.2. The molecule has 12 heteroatoms. The Hall–Kier alpha value is -5.36. The maximum Gasteiger partial charge on any atom is 0.338 e. The largest absolute Gasteiger partial charge is 0.465 e. The van der Waals surface area contributed by atoms with Gasteiger partial charge in [-0.15, -0.1) is 0 Å². The van der Waals surface area contributed by atoms with Gasteiger partial charge < -0.3 is 13.9 Å². The second kappa shape index (κ2) is 11.6. The smallest absolute Gasteiger partial charge is 0.338 e. The van der Waals surface area contributed by atoms with E-state index in [4.69, 9.17) is 13.9 Å². The summed E-state index contributed by atoms with van der Waals surface area (Å²) in [6.07, 6.45) is 2.99. The molecular formula is C30H23N3O8S. The van der Waals surface area contributed by atoms with Crippen LogP contribution < -0.4 is 14.9 Å². The van der Waals surface area contributed by atoms with E-state index in [0.717, 1.165) is 11.3 Å². The minimum atomic E-state index is -0.885. The average Bonchev–Trinajstić information content (AvgIpc) is 3.59. The lowest BCUT2D eigenvalue weighted by atomic mass is 9.95. The summed E-state index contributed by atoms with van der Waals surface area (Å²) in [6, 6.07) is 14.9. The summed E-state index contributed by atoms with van der Waals surface area (Å²) in [6.45, 7) is 5.21. The first-order valence-corrected chi connectivity index (χ1v) is 13.4. The molecule has 1 atom stereocenters. The van der Waals surface area contributed by atoms with E-state index in [1.807, 2.05) is 0 Å². The molecule has 0 fully saturated rings. The van der Waals surface area contributed by atoms with Gasteiger partial charge in [-0.05, 0) is 36.8 Å². The van der Waals surface area contributed by atoms with Gasteiger partial charge in [0.2, 0.25) is 0 Å². The van der Waals surface area contributed by atoms with Crippen molar-refractivity contribution >= 4 is 35.0 Å². The third kappa shape index (κ3) is 5.34. The van der Waals surface area contributed by atoms with Crippen LogP contribution in [0.2, 0.25) is 0 Å². The van der Waals surface area contributed by atoms with Gasteiger partial charge >= 0.3 is 11.9 Å². The Balaban J connectivity index is 1.60. The van der Waals surface area contributed by atoms with Crippen molar-refractivity contribution in [1.82, 2.24) is 4.57 Å². The SMILES string of the molecule is C=CCOC(=O)C1=C(C)N=c2sc(=Cc3ccc(-c4cccc([N+](=O)[O-])c4)o3)c(=O)n2C1c1ccc(C(=O)OC)cc1. The zero-order chi connectivity index (χ0) is 30.0. The van der Waals surface area contributed by atoms with Crippen molar-refractivity contribution in [2.24, 2.45) is 4.99 Å². The van der Waals surface area contributed by atoms with E-state index in [1.165, 1.54) is 29.9 Å². The van der Waals surface area contributed by atoms with Crippen LogP contribution in [0.1, 0.15) is 34.6 Å². The van der Waals surface area contributed by atoms with Crippen molar-refractivity contribution in [3.05, 3.63) is 131 Å². The van der Waals surface area contributed by atoms with Crippen LogP contribution >= 0.6 is 11.3 Å². The van der Waals surface area contributed by atoms with Gasteiger partial charge in [0, 0.05) is 23.8 Å². The predicted octanol–water partition coefficient (Wildman–Crippen LogP) is 3.92. The number of fused-ring (bicyclic) bond motifs is 1. The summed E-state index contributed by atoms with van der Waals surface area (Å²) in [4.78, 5) is 54.5. The van der Waals surface area contributed by atoms with E-state index in [1.54, 1.807) is 61.5 Å². The third-order valence-electron chi connectivity index (χ3n) is 6.46. The molecule has 212 valence electrons. The van der Waals surface area contributed by atoms with Crippen LogP contribution in [0.5, 0.6) is 0 Å². The topological polar surface area (TPSA) is 143 Å². The van der Waals surface area contributed by atoms with E-state index in [-0.39, 0.29) is 17.9 Å². The van der Waals surface area contributed by atoms with Crippen molar-refractivity contribution in [1.29, 1.82) is 0 Å². The summed E-state index contributed by atoms with van der Waals surface area (Å²) >= 11 is 1.12.